The molecule has 1 aliphatic rings. The van der Waals surface area contributed by atoms with Gasteiger partial charge < -0.3 is 19.2 Å². The molecule has 0 bridgehead atoms. The zero-order valence-electron chi connectivity index (χ0n) is 19.1. The molecule has 0 aliphatic heterocycles. The van der Waals surface area contributed by atoms with Gasteiger partial charge in [0.05, 0.1) is 27.7 Å². The molecule has 0 fully saturated rings. The average Bonchev–Trinajstić information content (AvgIpc) is 3.42. The molecule has 4 rings (SSSR count). The van der Waals surface area contributed by atoms with Gasteiger partial charge in [0.25, 0.3) is 11.6 Å². The number of hydrogen-bond acceptors (Lipinski definition) is 8. The largest absolute Gasteiger partial charge is 0.484 e. The molecule has 0 saturated heterocycles. The van der Waals surface area contributed by atoms with Crippen molar-refractivity contribution >= 4 is 45.5 Å². The van der Waals surface area contributed by atoms with Crippen LogP contribution in [-0.2, 0) is 24.2 Å². The Bertz CT molecular complexity index is 1280. The first kappa shape index (κ1) is 24.7. The fourth-order valence-corrected chi connectivity index (χ4v) is 5.19. The van der Waals surface area contributed by atoms with Crippen LogP contribution in [-0.4, -0.2) is 22.9 Å². The predicted octanol–water partition coefficient (Wildman–Crippen LogP) is 6.18. The number of non-ortho nitro benzene ring substituents is 1. The minimum atomic E-state index is -0.549. The van der Waals surface area contributed by atoms with Crippen LogP contribution < -0.4 is 10.1 Å². The van der Waals surface area contributed by atoms with E-state index in [2.05, 4.69) is 5.32 Å². The van der Waals surface area contributed by atoms with Gasteiger partial charge in [-0.15, -0.1) is 11.3 Å². The van der Waals surface area contributed by atoms with Gasteiger partial charge in [-0.3, -0.25) is 14.9 Å². The first-order valence-corrected chi connectivity index (χ1v) is 12.2. The number of carbonyl (C=O) groups excluding carboxylic acids is 2. The van der Waals surface area contributed by atoms with Crippen LogP contribution in [0.4, 0.5) is 10.7 Å². The maximum absolute atomic E-state index is 12.9. The van der Waals surface area contributed by atoms with Crippen LogP contribution in [0.25, 0.3) is 0 Å². The number of anilines is 1. The van der Waals surface area contributed by atoms with Crippen LogP contribution in [0.1, 0.15) is 63.8 Å². The number of fused-ring (bicyclic) bond motifs is 1. The monoisotopic (exact) mass is 518 g/mol. The molecule has 3 aromatic rings. The second kappa shape index (κ2) is 10.5. The number of furan rings is 1. The summed E-state index contributed by atoms with van der Waals surface area (Å²) >= 11 is 7.44. The molecule has 2 aromatic heterocycles. The number of amides is 1. The minimum Gasteiger partial charge on any atom is -0.484 e. The Morgan fingerprint density at radius 2 is 2.00 bits per heavy atom. The number of halogens is 1. The van der Waals surface area contributed by atoms with Gasteiger partial charge in [-0.2, -0.15) is 0 Å². The lowest BCUT2D eigenvalue weighted by Gasteiger charge is -2.14. The molecule has 184 valence electrons. The number of thiophene rings is 1. The average molecular weight is 519 g/mol. The first-order chi connectivity index (χ1) is 16.7. The third-order valence-electron chi connectivity index (χ3n) is 5.33. The van der Waals surface area contributed by atoms with Crippen molar-refractivity contribution in [1.82, 2.24) is 0 Å². The second-order valence-corrected chi connectivity index (χ2v) is 9.76. The van der Waals surface area contributed by atoms with Crippen molar-refractivity contribution in [3.8, 4) is 5.75 Å². The summed E-state index contributed by atoms with van der Waals surface area (Å²) in [5.41, 5.74) is 1.21. The van der Waals surface area contributed by atoms with Gasteiger partial charge in [0, 0.05) is 10.9 Å². The minimum absolute atomic E-state index is 0.0308. The van der Waals surface area contributed by atoms with Crippen molar-refractivity contribution in [3.63, 3.8) is 0 Å². The summed E-state index contributed by atoms with van der Waals surface area (Å²) in [5, 5.41) is 14.4. The molecule has 11 heteroatoms. The highest BCUT2D eigenvalue weighted by molar-refractivity contribution is 7.17. The Labute approximate surface area is 210 Å². The van der Waals surface area contributed by atoms with Crippen molar-refractivity contribution in [1.29, 1.82) is 0 Å². The summed E-state index contributed by atoms with van der Waals surface area (Å²) < 4.78 is 16.6. The molecule has 9 nitrogen and oxygen atoms in total. The van der Waals surface area contributed by atoms with E-state index in [4.69, 9.17) is 25.5 Å². The van der Waals surface area contributed by atoms with E-state index in [0.717, 1.165) is 36.1 Å². The summed E-state index contributed by atoms with van der Waals surface area (Å²) in [6, 6.07) is 6.92. The number of nitrogens with zero attached hydrogens (tertiary/aromatic N) is 1. The van der Waals surface area contributed by atoms with Crippen molar-refractivity contribution < 1.29 is 28.4 Å². The fourth-order valence-electron chi connectivity index (χ4n) is 3.75. The third-order valence-corrected chi connectivity index (χ3v) is 6.85. The van der Waals surface area contributed by atoms with Crippen LogP contribution in [0.5, 0.6) is 5.75 Å². The Kier molecular flexibility index (Phi) is 7.42. The van der Waals surface area contributed by atoms with E-state index in [1.54, 1.807) is 19.9 Å². The van der Waals surface area contributed by atoms with Crippen molar-refractivity contribution in [2.45, 2.75) is 52.2 Å². The molecule has 0 spiro atoms. The summed E-state index contributed by atoms with van der Waals surface area (Å²) in [7, 11) is 0. The molecule has 2 heterocycles. The number of nitrogens with one attached hydrogen (secondary N) is 1. The van der Waals surface area contributed by atoms with Gasteiger partial charge >= 0.3 is 5.97 Å². The molecule has 1 N–H and O–H groups in total. The van der Waals surface area contributed by atoms with Gasteiger partial charge in [0.15, 0.2) is 5.76 Å². The molecule has 35 heavy (non-hydrogen) atoms. The van der Waals surface area contributed by atoms with Gasteiger partial charge in [0.1, 0.15) is 23.1 Å². The summed E-state index contributed by atoms with van der Waals surface area (Å²) in [6.45, 7) is 3.47. The predicted molar refractivity (Wildman–Crippen MR) is 131 cm³/mol. The number of esters is 1. The van der Waals surface area contributed by atoms with Crippen LogP contribution >= 0.6 is 22.9 Å². The van der Waals surface area contributed by atoms with E-state index in [1.807, 2.05) is 0 Å². The van der Waals surface area contributed by atoms with Crippen LogP contribution in [0.3, 0.4) is 0 Å². The lowest BCUT2D eigenvalue weighted by Crippen LogP contribution is -2.17. The highest BCUT2D eigenvalue weighted by Crippen LogP contribution is 2.39. The molecule has 1 aliphatic carbocycles. The number of aryl methyl sites for hydroxylation is 1. The normalized spacial score (nSPS) is 12.8. The molecule has 0 unspecified atom stereocenters. The van der Waals surface area contributed by atoms with Crippen molar-refractivity contribution in [3.05, 3.63) is 73.0 Å². The van der Waals surface area contributed by atoms with E-state index in [0.29, 0.717) is 16.3 Å². The van der Waals surface area contributed by atoms with Gasteiger partial charge in [-0.1, -0.05) is 11.6 Å². The highest BCUT2D eigenvalue weighted by Gasteiger charge is 2.28. The Hall–Kier alpha value is -3.37. The van der Waals surface area contributed by atoms with Gasteiger partial charge in [-0.25, -0.2) is 4.79 Å². The second-order valence-electron chi connectivity index (χ2n) is 8.25. The number of nitro benzene ring substituents is 1. The smallest absolute Gasteiger partial charge is 0.341 e. The van der Waals surface area contributed by atoms with Crippen LogP contribution in [0.15, 0.2) is 34.7 Å². The van der Waals surface area contributed by atoms with E-state index in [-0.39, 0.29) is 34.9 Å². The summed E-state index contributed by atoms with van der Waals surface area (Å²) in [6.07, 6.45) is 3.37. The molecule has 1 amide bonds. The number of benzene rings is 1. The maximum atomic E-state index is 12.9. The first-order valence-electron chi connectivity index (χ1n) is 11.0. The van der Waals surface area contributed by atoms with Gasteiger partial charge in [-0.05, 0) is 63.3 Å². The zero-order valence-corrected chi connectivity index (χ0v) is 20.7. The summed E-state index contributed by atoms with van der Waals surface area (Å²) in [5.74, 6) is -0.481. The van der Waals surface area contributed by atoms with E-state index in [1.165, 1.54) is 35.6 Å². The molecular formula is C24H23ClN2O7S. The fraction of sp³-hybridized carbons (Fsp3) is 0.333. The van der Waals surface area contributed by atoms with Crippen LogP contribution in [0, 0.1) is 10.1 Å². The lowest BCUT2D eigenvalue weighted by molar-refractivity contribution is -0.384. The number of rotatable bonds is 8. The maximum Gasteiger partial charge on any atom is 0.341 e. The summed E-state index contributed by atoms with van der Waals surface area (Å²) in [4.78, 5) is 37.2. The van der Waals surface area contributed by atoms with Gasteiger partial charge in [0.2, 0.25) is 0 Å². The van der Waals surface area contributed by atoms with E-state index < -0.39 is 16.8 Å². The molecular weight excluding hydrogens is 496 g/mol. The number of hydrogen-bond donors (Lipinski definition) is 1. The highest BCUT2D eigenvalue weighted by atomic mass is 35.5. The van der Waals surface area contributed by atoms with Crippen LogP contribution in [0.2, 0.25) is 5.02 Å². The number of carbonyl (C=O) groups is 2. The Balaban J connectivity index is 1.48. The van der Waals surface area contributed by atoms with Crippen molar-refractivity contribution in [2.75, 3.05) is 5.32 Å². The number of nitro groups is 1. The SMILES string of the molecule is CC(C)OC(=O)c1c(NC(=O)c2ccc(COc3cc([N+](=O)[O-])ccc3Cl)o2)sc2c1CCCC2. The number of ether oxygens (including phenoxy) is 2. The Morgan fingerprint density at radius 3 is 2.74 bits per heavy atom. The molecule has 0 atom stereocenters. The quantitative estimate of drug-likeness (QED) is 0.215. The van der Waals surface area contributed by atoms with Crippen molar-refractivity contribution in [2.24, 2.45) is 0 Å². The van der Waals surface area contributed by atoms with E-state index >= 15 is 0 Å². The molecule has 0 saturated carbocycles. The molecule has 1 aromatic carbocycles. The topological polar surface area (TPSA) is 121 Å². The lowest BCUT2D eigenvalue weighted by atomic mass is 9.95. The third kappa shape index (κ3) is 5.66. The zero-order chi connectivity index (χ0) is 25.1. The molecule has 0 radical (unpaired) electrons. The standard InChI is InChI=1S/C24H23ClN2O7S/c1-13(2)33-24(29)21-16-5-3-4-6-20(16)35-23(21)26-22(28)18-10-8-15(34-18)12-32-19-11-14(27(30)31)7-9-17(19)25/h7-11,13H,3-6,12H2,1-2H3,(H,26,28). The van der Waals surface area contributed by atoms with E-state index in [9.17, 15) is 19.7 Å². The Morgan fingerprint density at radius 1 is 1.23 bits per heavy atom.